The van der Waals surface area contributed by atoms with Crippen molar-refractivity contribution in [1.29, 1.82) is 0 Å². The fraction of sp³-hybridized carbons (Fsp3) is 0.136. The lowest BCUT2D eigenvalue weighted by Crippen LogP contribution is -2.21. The van der Waals surface area contributed by atoms with Gasteiger partial charge in [0.05, 0.1) is 19.9 Å². The van der Waals surface area contributed by atoms with E-state index in [2.05, 4.69) is 10.5 Å². The van der Waals surface area contributed by atoms with Crippen LogP contribution in [0.1, 0.15) is 33.4 Å². The first-order valence-electron chi connectivity index (χ1n) is 8.91. The molecule has 0 saturated heterocycles. The van der Waals surface area contributed by atoms with Crippen LogP contribution in [0.3, 0.4) is 0 Å². The third kappa shape index (κ3) is 4.49. The van der Waals surface area contributed by atoms with Crippen LogP contribution < -0.4 is 20.0 Å². The number of carboxylic acid groups (broad SMARTS) is 1. The molecule has 0 saturated carbocycles. The van der Waals surface area contributed by atoms with Crippen LogP contribution in [-0.2, 0) is 0 Å². The monoisotopic (exact) mass is 407 g/mol. The minimum absolute atomic E-state index is 0.232. The Labute approximate surface area is 172 Å². The van der Waals surface area contributed by atoms with Gasteiger partial charge in [-0.1, -0.05) is 24.3 Å². The van der Waals surface area contributed by atoms with E-state index >= 15 is 0 Å². The van der Waals surface area contributed by atoms with Crippen molar-refractivity contribution >= 4 is 17.6 Å². The molecular weight excluding hydrogens is 388 g/mol. The van der Waals surface area contributed by atoms with E-state index in [9.17, 15) is 14.7 Å². The second-order valence-electron chi connectivity index (χ2n) is 6.24. The van der Waals surface area contributed by atoms with Gasteiger partial charge in [0.1, 0.15) is 17.5 Å². The number of hydrazone groups is 1. The summed E-state index contributed by atoms with van der Waals surface area (Å²) in [6.45, 7) is 1.75. The molecule has 1 N–H and O–H groups in total. The number of carboxylic acids is 1. The lowest BCUT2D eigenvalue weighted by Gasteiger charge is -2.09. The first-order valence-corrected chi connectivity index (χ1v) is 8.91. The van der Waals surface area contributed by atoms with Gasteiger partial charge in [0, 0.05) is 11.1 Å². The summed E-state index contributed by atoms with van der Waals surface area (Å²) < 4.78 is 15.6. The zero-order valence-electron chi connectivity index (χ0n) is 16.6. The van der Waals surface area contributed by atoms with Gasteiger partial charge in [0.25, 0.3) is 5.91 Å². The number of methoxy groups -OCH3 is 2. The molecule has 2 aromatic carbocycles. The molecule has 0 aliphatic rings. The number of aromatic carboxylic acids is 1. The second-order valence-corrected chi connectivity index (χ2v) is 6.24. The fourth-order valence-corrected chi connectivity index (χ4v) is 2.72. The number of ether oxygens (including phenoxy) is 2. The molecule has 8 nitrogen and oxygen atoms in total. The summed E-state index contributed by atoms with van der Waals surface area (Å²) in [5.41, 5.74) is 4.95. The van der Waals surface area contributed by atoms with Gasteiger partial charge in [-0.2, -0.15) is 5.10 Å². The Kier molecular flexibility index (Phi) is 6.17. The Morgan fingerprint density at radius 1 is 0.933 bits per heavy atom. The number of nitrogens with one attached hydrogen (secondary N) is 1. The van der Waals surface area contributed by atoms with Crippen molar-refractivity contribution in [3.8, 4) is 22.8 Å². The van der Waals surface area contributed by atoms with Crippen molar-refractivity contribution in [2.24, 2.45) is 5.10 Å². The van der Waals surface area contributed by atoms with Crippen LogP contribution in [0.15, 0.2) is 64.1 Å². The van der Waals surface area contributed by atoms with Crippen LogP contribution in [0, 0.1) is 0 Å². The van der Waals surface area contributed by atoms with Gasteiger partial charge < -0.3 is 23.8 Å². The van der Waals surface area contributed by atoms with Gasteiger partial charge >= 0.3 is 0 Å². The zero-order chi connectivity index (χ0) is 21.7. The van der Waals surface area contributed by atoms with Crippen LogP contribution in [0.25, 0.3) is 11.3 Å². The van der Waals surface area contributed by atoms with E-state index in [1.54, 1.807) is 55.5 Å². The second kappa shape index (κ2) is 8.95. The molecule has 3 aromatic rings. The van der Waals surface area contributed by atoms with Crippen molar-refractivity contribution in [1.82, 2.24) is 5.43 Å². The molecule has 0 radical (unpaired) electrons. The van der Waals surface area contributed by atoms with Gasteiger partial charge in [-0.15, -0.1) is 0 Å². The molecule has 1 heterocycles. The number of carbonyl (C=O) groups excluding carboxylic acids is 2. The molecule has 0 aliphatic carbocycles. The predicted molar refractivity (Wildman–Crippen MR) is 108 cm³/mol. The van der Waals surface area contributed by atoms with Gasteiger partial charge in [-0.3, -0.25) is 4.79 Å². The Balaban J connectivity index is 1.70. The highest BCUT2D eigenvalue weighted by molar-refractivity contribution is 6.01. The molecule has 0 bridgehead atoms. The topological polar surface area (TPSA) is 113 Å². The largest absolute Gasteiger partial charge is 0.542 e. The lowest BCUT2D eigenvalue weighted by molar-refractivity contribution is -0.257. The molecule has 1 aromatic heterocycles. The molecule has 154 valence electrons. The number of benzene rings is 2. The molecule has 8 heteroatoms. The SMILES string of the molecule is COc1ccc(C(=O)N/N=C(/C)c2ccc(-c3ccc(C(=O)[O-])o3)cc2)cc1OC. The van der Waals surface area contributed by atoms with E-state index in [1.165, 1.54) is 20.3 Å². The smallest absolute Gasteiger partial charge is 0.271 e. The molecule has 0 spiro atoms. The maximum absolute atomic E-state index is 12.4. The van der Waals surface area contributed by atoms with Gasteiger partial charge in [-0.05, 0) is 42.8 Å². The van der Waals surface area contributed by atoms with Gasteiger partial charge in [0.2, 0.25) is 0 Å². The molecule has 30 heavy (non-hydrogen) atoms. The van der Waals surface area contributed by atoms with Crippen molar-refractivity contribution < 1.29 is 28.6 Å². The van der Waals surface area contributed by atoms with E-state index in [1.807, 2.05) is 0 Å². The van der Waals surface area contributed by atoms with E-state index in [0.29, 0.717) is 34.1 Å². The third-order valence-electron chi connectivity index (χ3n) is 4.37. The molecule has 0 aliphatic heterocycles. The normalized spacial score (nSPS) is 11.1. The Bertz CT molecular complexity index is 1100. The number of amides is 1. The molecule has 1 amide bonds. The third-order valence-corrected chi connectivity index (χ3v) is 4.37. The van der Waals surface area contributed by atoms with Crippen molar-refractivity contribution in [2.45, 2.75) is 6.92 Å². The van der Waals surface area contributed by atoms with Crippen molar-refractivity contribution in [3.63, 3.8) is 0 Å². The molecule has 0 atom stereocenters. The molecular formula is C22H19N2O6-. The highest BCUT2D eigenvalue weighted by Gasteiger charge is 2.11. The summed E-state index contributed by atoms with van der Waals surface area (Å²) in [6.07, 6.45) is 0. The number of carbonyl (C=O) groups is 2. The predicted octanol–water partition coefficient (Wildman–Crippen LogP) is 2.48. The molecule has 3 rings (SSSR count). The maximum Gasteiger partial charge on any atom is 0.271 e. The van der Waals surface area contributed by atoms with Crippen LogP contribution in [0.5, 0.6) is 11.5 Å². The standard InChI is InChI=1S/C22H20N2O6/c1-13(23-24-21(25)16-8-9-18(28-2)20(12-16)29-3)14-4-6-15(7-5-14)17-10-11-19(30-17)22(26)27/h4-12H,1-3H3,(H,24,25)(H,26,27)/p-1/b23-13-. The summed E-state index contributed by atoms with van der Waals surface area (Å²) in [5, 5.41) is 15.0. The molecule has 0 unspecified atom stereocenters. The summed E-state index contributed by atoms with van der Waals surface area (Å²) >= 11 is 0. The van der Waals surface area contributed by atoms with Crippen LogP contribution in [-0.4, -0.2) is 31.8 Å². The Morgan fingerprint density at radius 2 is 1.60 bits per heavy atom. The Hall–Kier alpha value is -4.07. The van der Waals surface area contributed by atoms with Crippen LogP contribution in [0.4, 0.5) is 0 Å². The number of nitrogens with zero attached hydrogens (tertiary/aromatic N) is 1. The highest BCUT2D eigenvalue weighted by Crippen LogP contribution is 2.27. The van der Waals surface area contributed by atoms with Crippen LogP contribution >= 0.6 is 0 Å². The van der Waals surface area contributed by atoms with E-state index in [0.717, 1.165) is 5.56 Å². The maximum atomic E-state index is 12.4. The quantitative estimate of drug-likeness (QED) is 0.476. The summed E-state index contributed by atoms with van der Waals surface area (Å²) in [7, 11) is 3.01. The average molecular weight is 407 g/mol. The van der Waals surface area contributed by atoms with E-state index < -0.39 is 11.9 Å². The number of hydrogen-bond donors (Lipinski definition) is 1. The number of hydrogen-bond acceptors (Lipinski definition) is 7. The van der Waals surface area contributed by atoms with Crippen molar-refractivity contribution in [2.75, 3.05) is 14.2 Å². The average Bonchev–Trinajstić information content (AvgIpc) is 3.27. The zero-order valence-corrected chi connectivity index (χ0v) is 16.6. The van der Waals surface area contributed by atoms with E-state index in [-0.39, 0.29) is 5.76 Å². The van der Waals surface area contributed by atoms with E-state index in [4.69, 9.17) is 13.9 Å². The van der Waals surface area contributed by atoms with Crippen LogP contribution in [0.2, 0.25) is 0 Å². The summed E-state index contributed by atoms with van der Waals surface area (Å²) in [6, 6.07) is 14.8. The van der Waals surface area contributed by atoms with Gasteiger partial charge in [0.15, 0.2) is 11.5 Å². The summed E-state index contributed by atoms with van der Waals surface area (Å²) in [4.78, 5) is 23.2. The lowest BCUT2D eigenvalue weighted by atomic mass is 10.1. The highest BCUT2D eigenvalue weighted by atomic mass is 16.5. The number of furan rings is 1. The first-order chi connectivity index (χ1) is 14.4. The molecule has 0 fully saturated rings. The minimum atomic E-state index is -1.37. The van der Waals surface area contributed by atoms with Gasteiger partial charge in [-0.25, -0.2) is 5.43 Å². The summed E-state index contributed by atoms with van der Waals surface area (Å²) in [5.74, 6) is -0.608. The fourth-order valence-electron chi connectivity index (χ4n) is 2.72. The Morgan fingerprint density at radius 3 is 2.20 bits per heavy atom. The first kappa shape index (κ1) is 20.7. The minimum Gasteiger partial charge on any atom is -0.542 e. The van der Waals surface area contributed by atoms with Crippen molar-refractivity contribution in [3.05, 3.63) is 71.5 Å². The number of rotatable bonds is 7.